The predicted molar refractivity (Wildman–Crippen MR) is 142 cm³/mol. The van der Waals surface area contributed by atoms with Crippen molar-refractivity contribution in [2.75, 3.05) is 30.8 Å². The Morgan fingerprint density at radius 1 is 1.11 bits per heavy atom. The van der Waals surface area contributed by atoms with E-state index in [0.29, 0.717) is 29.2 Å². The Hall–Kier alpha value is -3.20. The van der Waals surface area contributed by atoms with Crippen molar-refractivity contribution in [1.82, 2.24) is 14.9 Å². The Bertz CT molecular complexity index is 1370. The molecule has 0 bridgehead atoms. The molecular formula is C26H26ClN5O2S. The molecule has 0 spiro atoms. The summed E-state index contributed by atoms with van der Waals surface area (Å²) < 4.78 is 6.96. The van der Waals surface area contributed by atoms with Crippen LogP contribution in [0, 0.1) is 0 Å². The number of ether oxygens (including phenoxy) is 1. The van der Waals surface area contributed by atoms with Crippen LogP contribution in [0.3, 0.4) is 0 Å². The molecule has 0 saturated carbocycles. The fourth-order valence-corrected chi connectivity index (χ4v) is 5.39. The van der Waals surface area contributed by atoms with E-state index in [1.165, 1.54) is 23.8 Å². The molecule has 180 valence electrons. The topological polar surface area (TPSA) is 79.4 Å². The van der Waals surface area contributed by atoms with E-state index in [4.69, 9.17) is 16.3 Å². The molecule has 5 rings (SSSR count). The molecule has 0 atom stereocenters. The van der Waals surface area contributed by atoms with E-state index >= 15 is 0 Å². The summed E-state index contributed by atoms with van der Waals surface area (Å²) in [4.78, 5) is 23.0. The minimum Gasteiger partial charge on any atom is -0.437 e. The number of carbonyl (C=O) groups is 1. The number of aromatic nitrogens is 2. The lowest BCUT2D eigenvalue weighted by Gasteiger charge is -2.29. The molecule has 2 aromatic carbocycles. The number of thiophene rings is 1. The SMILES string of the molecule is CC(=O)Nc1cccc(Oc2nc(Nc3ccc(C4CCN(C)CC4)c(Cl)c3)nc3ccsc23)c1. The van der Waals surface area contributed by atoms with Crippen LogP contribution in [-0.2, 0) is 4.79 Å². The number of hydrogen-bond acceptors (Lipinski definition) is 7. The van der Waals surface area contributed by atoms with Gasteiger partial charge in [0.15, 0.2) is 0 Å². The van der Waals surface area contributed by atoms with E-state index in [1.54, 1.807) is 12.1 Å². The van der Waals surface area contributed by atoms with Gasteiger partial charge in [-0.25, -0.2) is 4.98 Å². The molecule has 1 amide bonds. The third-order valence-corrected chi connectivity index (χ3v) is 7.28. The summed E-state index contributed by atoms with van der Waals surface area (Å²) in [7, 11) is 2.16. The maximum atomic E-state index is 11.4. The largest absolute Gasteiger partial charge is 0.437 e. The highest BCUT2D eigenvalue weighted by Crippen LogP contribution is 2.36. The highest BCUT2D eigenvalue weighted by Gasteiger charge is 2.21. The summed E-state index contributed by atoms with van der Waals surface area (Å²) >= 11 is 8.20. The molecule has 9 heteroatoms. The second-order valence-corrected chi connectivity index (χ2v) is 10.1. The molecule has 1 fully saturated rings. The fourth-order valence-electron chi connectivity index (χ4n) is 4.30. The number of hydrogen-bond donors (Lipinski definition) is 2. The number of nitrogens with one attached hydrogen (secondary N) is 2. The maximum Gasteiger partial charge on any atom is 0.242 e. The van der Waals surface area contributed by atoms with Gasteiger partial charge >= 0.3 is 0 Å². The third kappa shape index (κ3) is 5.56. The number of piperidine rings is 1. The summed E-state index contributed by atoms with van der Waals surface area (Å²) in [5.74, 6) is 1.78. The molecule has 1 aliphatic rings. The Labute approximate surface area is 213 Å². The minimum atomic E-state index is -0.142. The van der Waals surface area contributed by atoms with Gasteiger partial charge < -0.3 is 20.3 Å². The Balaban J connectivity index is 1.38. The van der Waals surface area contributed by atoms with E-state index < -0.39 is 0 Å². The van der Waals surface area contributed by atoms with Gasteiger partial charge in [0.25, 0.3) is 0 Å². The van der Waals surface area contributed by atoms with Crippen LogP contribution in [0.4, 0.5) is 17.3 Å². The van der Waals surface area contributed by atoms with Crippen molar-refractivity contribution in [2.24, 2.45) is 0 Å². The summed E-state index contributed by atoms with van der Waals surface area (Å²) in [5, 5.41) is 8.76. The molecule has 1 aliphatic heterocycles. The molecule has 4 aromatic rings. The molecule has 3 heterocycles. The zero-order chi connectivity index (χ0) is 24.4. The molecule has 0 unspecified atom stereocenters. The van der Waals surface area contributed by atoms with Crippen molar-refractivity contribution in [3.63, 3.8) is 0 Å². The number of fused-ring (bicyclic) bond motifs is 1. The summed E-state index contributed by atoms with van der Waals surface area (Å²) in [6.07, 6.45) is 2.23. The second kappa shape index (κ2) is 10.2. The van der Waals surface area contributed by atoms with Crippen LogP contribution in [0.5, 0.6) is 11.6 Å². The van der Waals surface area contributed by atoms with Crippen LogP contribution < -0.4 is 15.4 Å². The predicted octanol–water partition coefficient (Wildman–Crippen LogP) is 6.65. The van der Waals surface area contributed by atoms with E-state index in [2.05, 4.69) is 38.6 Å². The molecule has 1 saturated heterocycles. The van der Waals surface area contributed by atoms with Crippen molar-refractivity contribution in [2.45, 2.75) is 25.7 Å². The van der Waals surface area contributed by atoms with E-state index in [1.807, 2.05) is 35.7 Å². The highest BCUT2D eigenvalue weighted by atomic mass is 35.5. The number of nitrogens with zero attached hydrogens (tertiary/aromatic N) is 3. The van der Waals surface area contributed by atoms with Gasteiger partial charge in [-0.1, -0.05) is 23.7 Å². The van der Waals surface area contributed by atoms with E-state index in [0.717, 1.165) is 46.9 Å². The van der Waals surface area contributed by atoms with Crippen LogP contribution in [-0.4, -0.2) is 40.9 Å². The van der Waals surface area contributed by atoms with Crippen molar-refractivity contribution in [1.29, 1.82) is 0 Å². The highest BCUT2D eigenvalue weighted by molar-refractivity contribution is 7.17. The van der Waals surface area contributed by atoms with Gasteiger partial charge in [-0.3, -0.25) is 4.79 Å². The summed E-state index contributed by atoms with van der Waals surface area (Å²) in [5.41, 5.74) is 3.46. The van der Waals surface area contributed by atoms with Crippen molar-refractivity contribution >= 4 is 56.4 Å². The number of anilines is 3. The van der Waals surface area contributed by atoms with Gasteiger partial charge in [-0.05, 0) is 80.2 Å². The first-order chi connectivity index (χ1) is 16.9. The fraction of sp³-hybridized carbons (Fsp3) is 0.269. The van der Waals surface area contributed by atoms with Gasteiger partial charge in [0, 0.05) is 29.4 Å². The lowest BCUT2D eigenvalue weighted by Crippen LogP contribution is -2.29. The number of likely N-dealkylation sites (tertiary alicyclic amines) is 1. The standard InChI is InChI=1S/C26H26ClN5O2S/c1-16(33)28-18-4-3-5-20(14-18)34-25-24-23(10-13-35-24)30-26(31-25)29-19-6-7-21(22(27)15-19)17-8-11-32(2)12-9-17/h3-7,10,13-15,17H,8-9,11-12H2,1-2H3,(H,28,33)(H,29,30,31). The molecule has 7 nitrogen and oxygen atoms in total. The second-order valence-electron chi connectivity index (χ2n) is 8.74. The molecule has 2 N–H and O–H groups in total. The van der Waals surface area contributed by atoms with Crippen LogP contribution in [0.15, 0.2) is 53.9 Å². The monoisotopic (exact) mass is 507 g/mol. The van der Waals surface area contributed by atoms with Crippen molar-refractivity contribution in [3.8, 4) is 11.6 Å². The first-order valence-electron chi connectivity index (χ1n) is 11.5. The van der Waals surface area contributed by atoms with Gasteiger partial charge in [0.05, 0.1) is 5.52 Å². The number of carbonyl (C=O) groups excluding carboxylic acids is 1. The van der Waals surface area contributed by atoms with Gasteiger partial charge in [0.1, 0.15) is 10.4 Å². The van der Waals surface area contributed by atoms with Gasteiger partial charge in [-0.2, -0.15) is 4.98 Å². The summed E-state index contributed by atoms with van der Waals surface area (Å²) in [6, 6.07) is 15.2. The van der Waals surface area contributed by atoms with Crippen molar-refractivity contribution < 1.29 is 9.53 Å². The number of halogens is 1. The smallest absolute Gasteiger partial charge is 0.242 e. The Kier molecular flexibility index (Phi) is 6.86. The molecule has 2 aromatic heterocycles. The zero-order valence-corrected chi connectivity index (χ0v) is 21.1. The number of amides is 1. The number of rotatable bonds is 6. The van der Waals surface area contributed by atoms with Crippen LogP contribution >= 0.6 is 22.9 Å². The van der Waals surface area contributed by atoms with E-state index in [9.17, 15) is 4.79 Å². The van der Waals surface area contributed by atoms with Crippen LogP contribution in [0.25, 0.3) is 10.2 Å². The normalized spacial score (nSPS) is 14.7. The Morgan fingerprint density at radius 2 is 1.94 bits per heavy atom. The molecule has 0 aliphatic carbocycles. The molecule has 35 heavy (non-hydrogen) atoms. The van der Waals surface area contributed by atoms with Crippen molar-refractivity contribution in [3.05, 3.63) is 64.5 Å². The first-order valence-corrected chi connectivity index (χ1v) is 12.8. The average Bonchev–Trinajstić information content (AvgIpc) is 3.29. The van der Waals surface area contributed by atoms with Gasteiger partial charge in [-0.15, -0.1) is 11.3 Å². The molecule has 0 radical (unpaired) electrons. The first kappa shape index (κ1) is 23.5. The van der Waals surface area contributed by atoms with Crippen LogP contribution in [0.2, 0.25) is 5.02 Å². The lowest BCUT2D eigenvalue weighted by molar-refractivity contribution is -0.114. The molecular weight excluding hydrogens is 482 g/mol. The third-order valence-electron chi connectivity index (χ3n) is 6.06. The Morgan fingerprint density at radius 3 is 2.71 bits per heavy atom. The van der Waals surface area contributed by atoms with Crippen LogP contribution in [0.1, 0.15) is 31.2 Å². The maximum absolute atomic E-state index is 11.4. The summed E-state index contributed by atoms with van der Waals surface area (Å²) in [6.45, 7) is 3.65. The lowest BCUT2D eigenvalue weighted by atomic mass is 9.89. The van der Waals surface area contributed by atoms with Gasteiger partial charge in [0.2, 0.25) is 17.7 Å². The zero-order valence-electron chi connectivity index (χ0n) is 19.5. The minimum absolute atomic E-state index is 0.142. The van der Waals surface area contributed by atoms with E-state index in [-0.39, 0.29) is 5.91 Å². The number of benzene rings is 2. The quantitative estimate of drug-likeness (QED) is 0.304. The average molecular weight is 508 g/mol.